The maximum absolute atomic E-state index is 12.2. The van der Waals surface area contributed by atoms with Gasteiger partial charge in [0, 0.05) is 63.9 Å². The molecule has 3 N–H and O–H groups in total. The molecule has 0 radical (unpaired) electrons. The van der Waals surface area contributed by atoms with Crippen LogP contribution in [0.5, 0.6) is 0 Å². The molecule has 1 rings (SSSR count). The van der Waals surface area contributed by atoms with Crippen molar-refractivity contribution in [3.63, 3.8) is 0 Å². The van der Waals surface area contributed by atoms with E-state index in [-0.39, 0.29) is 35.8 Å². The maximum Gasteiger partial charge on any atom is 0.246 e. The second-order valence-electron chi connectivity index (χ2n) is 8.15. The lowest BCUT2D eigenvalue weighted by Gasteiger charge is -2.30. The number of nitrogens with one attached hydrogen (secondary N) is 3. The second kappa shape index (κ2) is 11.6. The number of carbonyl (C=O) groups is 2. The van der Waals surface area contributed by atoms with E-state index in [0.717, 1.165) is 25.9 Å². The van der Waals surface area contributed by atoms with Crippen LogP contribution >= 0.6 is 0 Å². The first-order valence-electron chi connectivity index (χ1n) is 9.71. The first-order valence-corrected chi connectivity index (χ1v) is 9.71. The highest BCUT2D eigenvalue weighted by atomic mass is 16.5. The summed E-state index contributed by atoms with van der Waals surface area (Å²) in [6.45, 7) is 8.34. The predicted molar refractivity (Wildman–Crippen MR) is 106 cm³/mol. The van der Waals surface area contributed by atoms with Gasteiger partial charge in [0.05, 0.1) is 0 Å². The highest BCUT2D eigenvalue weighted by Gasteiger charge is 2.46. The Bertz CT molecular complexity index is 473. The predicted octanol–water partition coefficient (Wildman–Crippen LogP) is -0.0181. The summed E-state index contributed by atoms with van der Waals surface area (Å²) in [5.74, 6) is -0.245. The molecule has 0 saturated carbocycles. The summed E-state index contributed by atoms with van der Waals surface area (Å²) in [5.41, 5.74) is 0.154. The van der Waals surface area contributed by atoms with E-state index in [2.05, 4.69) is 41.7 Å². The fourth-order valence-corrected chi connectivity index (χ4v) is 3.71. The SMILES string of the molecule is CNCC1(CNC(=O)CCNC(=O)COCCCOC)CN(C)C(C)(C)C1. The van der Waals surface area contributed by atoms with Crippen LogP contribution in [0.4, 0.5) is 0 Å². The molecule has 1 unspecified atom stereocenters. The molecular weight excluding hydrogens is 348 g/mol. The Balaban J connectivity index is 2.25. The Morgan fingerprint density at radius 2 is 1.85 bits per heavy atom. The molecule has 0 bridgehead atoms. The molecule has 0 aliphatic carbocycles. The normalized spacial score (nSPS) is 22.0. The molecule has 8 nitrogen and oxygen atoms in total. The molecule has 0 spiro atoms. The summed E-state index contributed by atoms with van der Waals surface area (Å²) >= 11 is 0. The van der Waals surface area contributed by atoms with Crippen molar-refractivity contribution in [3.8, 4) is 0 Å². The molecule has 1 fully saturated rings. The van der Waals surface area contributed by atoms with Gasteiger partial charge in [-0.2, -0.15) is 0 Å². The van der Waals surface area contributed by atoms with Gasteiger partial charge in [0.1, 0.15) is 6.61 Å². The minimum Gasteiger partial charge on any atom is -0.385 e. The zero-order chi connectivity index (χ0) is 20.3. The molecular formula is C19H38N4O4. The van der Waals surface area contributed by atoms with E-state index in [1.165, 1.54) is 0 Å². The molecule has 158 valence electrons. The highest BCUT2D eigenvalue weighted by molar-refractivity contribution is 5.79. The summed E-state index contributed by atoms with van der Waals surface area (Å²) < 4.78 is 10.1. The average molecular weight is 387 g/mol. The van der Waals surface area contributed by atoms with E-state index in [0.29, 0.717) is 26.3 Å². The van der Waals surface area contributed by atoms with Crippen molar-refractivity contribution in [1.82, 2.24) is 20.9 Å². The summed E-state index contributed by atoms with van der Waals surface area (Å²) in [7, 11) is 5.71. The molecule has 1 atom stereocenters. The van der Waals surface area contributed by atoms with Crippen LogP contribution in [-0.2, 0) is 19.1 Å². The molecule has 0 aromatic heterocycles. The average Bonchev–Trinajstić information content (AvgIpc) is 2.82. The Morgan fingerprint density at radius 3 is 2.44 bits per heavy atom. The largest absolute Gasteiger partial charge is 0.385 e. The Morgan fingerprint density at radius 1 is 1.11 bits per heavy atom. The van der Waals surface area contributed by atoms with Gasteiger partial charge in [-0.15, -0.1) is 0 Å². The summed E-state index contributed by atoms with van der Waals surface area (Å²) in [4.78, 5) is 26.2. The Kier molecular flexibility index (Phi) is 10.2. The monoisotopic (exact) mass is 386 g/mol. The second-order valence-corrected chi connectivity index (χ2v) is 8.15. The number of hydrogen-bond acceptors (Lipinski definition) is 6. The van der Waals surface area contributed by atoms with Crippen molar-refractivity contribution < 1.29 is 19.1 Å². The third-order valence-corrected chi connectivity index (χ3v) is 5.17. The van der Waals surface area contributed by atoms with Crippen LogP contribution in [0, 0.1) is 5.41 Å². The number of carbonyl (C=O) groups excluding carboxylic acids is 2. The van der Waals surface area contributed by atoms with Gasteiger partial charge in [0.25, 0.3) is 0 Å². The third-order valence-electron chi connectivity index (χ3n) is 5.17. The van der Waals surface area contributed by atoms with Crippen LogP contribution in [0.25, 0.3) is 0 Å². The minimum atomic E-state index is -0.203. The van der Waals surface area contributed by atoms with Crippen LogP contribution in [0.2, 0.25) is 0 Å². The Hall–Kier alpha value is -1.22. The quantitative estimate of drug-likeness (QED) is 0.386. The van der Waals surface area contributed by atoms with E-state index in [4.69, 9.17) is 9.47 Å². The number of ether oxygens (including phenoxy) is 2. The lowest BCUT2D eigenvalue weighted by Crippen LogP contribution is -2.45. The van der Waals surface area contributed by atoms with Gasteiger partial charge < -0.3 is 30.3 Å². The third kappa shape index (κ3) is 8.55. The smallest absolute Gasteiger partial charge is 0.246 e. The molecule has 8 heteroatoms. The number of amides is 2. The van der Waals surface area contributed by atoms with E-state index in [1.807, 2.05) is 7.05 Å². The first kappa shape index (κ1) is 23.8. The van der Waals surface area contributed by atoms with Crippen LogP contribution in [0.15, 0.2) is 0 Å². The fraction of sp³-hybridized carbons (Fsp3) is 0.895. The molecule has 2 amide bonds. The lowest BCUT2D eigenvalue weighted by atomic mass is 9.81. The van der Waals surface area contributed by atoms with Gasteiger partial charge in [-0.05, 0) is 40.8 Å². The maximum atomic E-state index is 12.2. The van der Waals surface area contributed by atoms with Crippen molar-refractivity contribution in [2.24, 2.45) is 5.41 Å². The van der Waals surface area contributed by atoms with E-state index in [1.54, 1.807) is 7.11 Å². The van der Waals surface area contributed by atoms with Crippen LogP contribution in [0.3, 0.4) is 0 Å². The van der Waals surface area contributed by atoms with Crippen molar-refractivity contribution in [2.75, 3.05) is 67.2 Å². The van der Waals surface area contributed by atoms with Gasteiger partial charge in [-0.1, -0.05) is 0 Å². The summed E-state index contributed by atoms with van der Waals surface area (Å²) in [6, 6.07) is 0. The van der Waals surface area contributed by atoms with Crippen LogP contribution in [-0.4, -0.2) is 89.5 Å². The molecule has 27 heavy (non-hydrogen) atoms. The molecule has 1 heterocycles. The summed E-state index contributed by atoms with van der Waals surface area (Å²) in [5, 5.41) is 9.02. The zero-order valence-electron chi connectivity index (χ0n) is 17.7. The Labute approximate surface area is 163 Å². The highest BCUT2D eigenvalue weighted by Crippen LogP contribution is 2.39. The number of hydrogen-bond donors (Lipinski definition) is 3. The van der Waals surface area contributed by atoms with Gasteiger partial charge >= 0.3 is 0 Å². The number of nitrogens with zero attached hydrogens (tertiary/aromatic N) is 1. The topological polar surface area (TPSA) is 91.9 Å². The molecule has 1 aliphatic heterocycles. The van der Waals surface area contributed by atoms with Crippen molar-refractivity contribution in [2.45, 2.75) is 38.6 Å². The van der Waals surface area contributed by atoms with Crippen molar-refractivity contribution in [3.05, 3.63) is 0 Å². The van der Waals surface area contributed by atoms with Gasteiger partial charge in [-0.3, -0.25) is 9.59 Å². The van der Waals surface area contributed by atoms with Crippen molar-refractivity contribution in [1.29, 1.82) is 0 Å². The van der Waals surface area contributed by atoms with Gasteiger partial charge in [0.15, 0.2) is 0 Å². The van der Waals surface area contributed by atoms with Crippen LogP contribution < -0.4 is 16.0 Å². The van der Waals surface area contributed by atoms with Gasteiger partial charge in [0.2, 0.25) is 11.8 Å². The fourth-order valence-electron chi connectivity index (χ4n) is 3.71. The van der Waals surface area contributed by atoms with Crippen molar-refractivity contribution >= 4 is 11.8 Å². The molecule has 1 saturated heterocycles. The summed E-state index contributed by atoms with van der Waals surface area (Å²) in [6.07, 6.45) is 2.05. The minimum absolute atomic E-state index is 0.0119. The first-order chi connectivity index (χ1) is 12.7. The van der Waals surface area contributed by atoms with E-state index >= 15 is 0 Å². The van der Waals surface area contributed by atoms with E-state index < -0.39 is 0 Å². The number of methoxy groups -OCH3 is 1. The lowest BCUT2D eigenvalue weighted by molar-refractivity contribution is -0.126. The zero-order valence-corrected chi connectivity index (χ0v) is 17.7. The number of likely N-dealkylation sites (tertiary alicyclic amines) is 1. The number of rotatable bonds is 13. The van der Waals surface area contributed by atoms with E-state index in [9.17, 15) is 9.59 Å². The van der Waals surface area contributed by atoms with Gasteiger partial charge in [-0.25, -0.2) is 0 Å². The molecule has 0 aromatic rings. The van der Waals surface area contributed by atoms with Crippen LogP contribution in [0.1, 0.15) is 33.1 Å². The standard InChI is InChI=1S/C19H38N4O4/c1-18(2)12-19(13-20-3,15-23(18)4)14-22-16(24)7-8-21-17(25)11-27-10-6-9-26-5/h20H,6-15H2,1-5H3,(H,21,25)(H,22,24). The molecule has 1 aliphatic rings. The molecule has 0 aromatic carbocycles.